The van der Waals surface area contributed by atoms with E-state index in [4.69, 9.17) is 25.5 Å². The van der Waals surface area contributed by atoms with Gasteiger partial charge in [-0.3, -0.25) is 9.69 Å². The molecule has 10 nitrogen and oxygen atoms in total. The Kier molecular flexibility index (Phi) is 8.14. The highest BCUT2D eigenvalue weighted by molar-refractivity contribution is 6.30. The molecule has 0 spiro atoms. The van der Waals surface area contributed by atoms with Gasteiger partial charge in [-0.15, -0.1) is 5.10 Å². The number of anilines is 1. The first-order chi connectivity index (χ1) is 18.2. The Morgan fingerprint density at radius 2 is 1.87 bits per heavy atom. The molecule has 0 radical (unpaired) electrons. The van der Waals surface area contributed by atoms with Crippen molar-refractivity contribution in [3.63, 3.8) is 0 Å². The van der Waals surface area contributed by atoms with Gasteiger partial charge >= 0.3 is 18.3 Å². The van der Waals surface area contributed by atoms with Crippen molar-refractivity contribution in [2.75, 3.05) is 31.1 Å². The number of rotatable bonds is 6. The summed E-state index contributed by atoms with van der Waals surface area (Å²) in [6.07, 6.45) is -4.25. The Bertz CT molecular complexity index is 1200. The number of piperidine rings is 1. The molecule has 2 aromatic rings. The monoisotopic (exact) mass is 577 g/mol. The standard InChI is InChI=1S/C24H28ClF4N5O5/c1-23(2,3)39-22(36)34-11-14(30-19(35)12-37-15-5-6-16(25)17(26)8-15)4-7-18(34)20-31-32-21(38-20)33-9-13(10-33)24(27,28)29/h5-6,8,13-14,18H,4,7,9-12H2,1-3H3,(H,30,35)/t14-,18+/m0/s1. The van der Waals surface area contributed by atoms with Crippen molar-refractivity contribution in [2.24, 2.45) is 5.92 Å². The van der Waals surface area contributed by atoms with E-state index in [1.165, 1.54) is 21.9 Å². The highest BCUT2D eigenvalue weighted by Gasteiger charge is 2.49. The Labute approximate surface area is 226 Å². The summed E-state index contributed by atoms with van der Waals surface area (Å²) >= 11 is 5.65. The molecule has 2 aliphatic rings. The summed E-state index contributed by atoms with van der Waals surface area (Å²) in [4.78, 5) is 28.2. The molecule has 1 aromatic carbocycles. The van der Waals surface area contributed by atoms with Gasteiger partial charge in [0, 0.05) is 31.7 Å². The van der Waals surface area contributed by atoms with E-state index in [0.29, 0.717) is 12.8 Å². The fourth-order valence-electron chi connectivity index (χ4n) is 4.18. The fourth-order valence-corrected chi connectivity index (χ4v) is 4.30. The molecule has 0 saturated carbocycles. The maximum absolute atomic E-state index is 13.6. The normalized spacial score (nSPS) is 20.4. The summed E-state index contributed by atoms with van der Waals surface area (Å²) in [7, 11) is 0. The Hall–Kier alpha value is -3.29. The lowest BCUT2D eigenvalue weighted by atomic mass is 9.98. The molecule has 1 N–H and O–H groups in total. The number of carbonyl (C=O) groups is 2. The van der Waals surface area contributed by atoms with Gasteiger partial charge in [0.15, 0.2) is 6.61 Å². The van der Waals surface area contributed by atoms with Crippen LogP contribution in [0.15, 0.2) is 22.6 Å². The zero-order valence-corrected chi connectivity index (χ0v) is 22.2. The van der Waals surface area contributed by atoms with Gasteiger partial charge < -0.3 is 24.1 Å². The number of nitrogens with one attached hydrogen (secondary N) is 1. The van der Waals surface area contributed by atoms with Gasteiger partial charge in [0.2, 0.25) is 5.89 Å². The molecule has 2 atom stereocenters. The molecular weight excluding hydrogens is 550 g/mol. The summed E-state index contributed by atoms with van der Waals surface area (Å²) in [6.45, 7) is 4.17. The average Bonchev–Trinajstić information content (AvgIpc) is 3.26. The van der Waals surface area contributed by atoms with Gasteiger partial charge in [0.25, 0.3) is 5.91 Å². The largest absolute Gasteiger partial charge is 0.484 e. The molecule has 0 aliphatic carbocycles. The van der Waals surface area contributed by atoms with E-state index < -0.39 is 54.2 Å². The van der Waals surface area contributed by atoms with Crippen LogP contribution >= 0.6 is 11.6 Å². The molecule has 1 aromatic heterocycles. The summed E-state index contributed by atoms with van der Waals surface area (Å²) in [5.74, 6) is -2.45. The number of ether oxygens (including phenoxy) is 2. The van der Waals surface area contributed by atoms with E-state index in [1.807, 2.05) is 0 Å². The first-order valence-corrected chi connectivity index (χ1v) is 12.6. The van der Waals surface area contributed by atoms with Crippen LogP contribution in [-0.2, 0) is 9.53 Å². The third kappa shape index (κ3) is 7.22. The summed E-state index contributed by atoms with van der Waals surface area (Å²) < 4.78 is 68.6. The van der Waals surface area contributed by atoms with Crippen LogP contribution in [0.25, 0.3) is 0 Å². The number of nitrogens with zero attached hydrogens (tertiary/aromatic N) is 4. The molecule has 0 unspecified atom stereocenters. The van der Waals surface area contributed by atoms with Crippen molar-refractivity contribution < 1.29 is 41.0 Å². The third-order valence-electron chi connectivity index (χ3n) is 6.17. The van der Waals surface area contributed by atoms with Crippen LogP contribution in [0.1, 0.15) is 45.5 Å². The molecule has 2 fully saturated rings. The second-order valence-electron chi connectivity index (χ2n) is 10.4. The predicted molar refractivity (Wildman–Crippen MR) is 130 cm³/mol. The Morgan fingerprint density at radius 1 is 1.15 bits per heavy atom. The molecule has 2 aliphatic heterocycles. The summed E-state index contributed by atoms with van der Waals surface area (Å²) in [5, 5.41) is 10.6. The topological polar surface area (TPSA) is 110 Å². The lowest BCUT2D eigenvalue weighted by Crippen LogP contribution is -2.53. The van der Waals surface area contributed by atoms with Crippen LogP contribution in [0.4, 0.5) is 28.4 Å². The second-order valence-corrected chi connectivity index (χ2v) is 10.8. The van der Waals surface area contributed by atoms with E-state index in [0.717, 1.165) is 6.07 Å². The van der Waals surface area contributed by atoms with Crippen LogP contribution in [-0.4, -0.2) is 71.2 Å². The van der Waals surface area contributed by atoms with Gasteiger partial charge in [0.05, 0.1) is 10.9 Å². The van der Waals surface area contributed by atoms with Crippen molar-refractivity contribution in [2.45, 2.75) is 57.5 Å². The van der Waals surface area contributed by atoms with Gasteiger partial charge in [-0.2, -0.15) is 13.2 Å². The molecule has 0 bridgehead atoms. The van der Waals surface area contributed by atoms with Crippen LogP contribution in [0.3, 0.4) is 0 Å². The van der Waals surface area contributed by atoms with Crippen molar-refractivity contribution in [1.82, 2.24) is 20.4 Å². The Balaban J connectivity index is 1.40. The molecular formula is C24H28ClF4N5O5. The highest BCUT2D eigenvalue weighted by Crippen LogP contribution is 2.37. The first-order valence-electron chi connectivity index (χ1n) is 12.2. The van der Waals surface area contributed by atoms with Crippen molar-refractivity contribution in [1.29, 1.82) is 0 Å². The first kappa shape index (κ1) is 28.7. The molecule has 39 heavy (non-hydrogen) atoms. The van der Waals surface area contributed by atoms with Crippen LogP contribution in [0.5, 0.6) is 5.75 Å². The minimum atomic E-state index is -4.30. The van der Waals surface area contributed by atoms with Crippen LogP contribution < -0.4 is 15.0 Å². The maximum Gasteiger partial charge on any atom is 0.411 e. The zero-order chi connectivity index (χ0) is 28.5. The lowest BCUT2D eigenvalue weighted by molar-refractivity contribution is -0.180. The lowest BCUT2D eigenvalue weighted by Gasteiger charge is -2.39. The van der Waals surface area contributed by atoms with E-state index in [2.05, 4.69) is 15.5 Å². The number of carbonyl (C=O) groups excluding carboxylic acids is 2. The van der Waals surface area contributed by atoms with Gasteiger partial charge in [0.1, 0.15) is 23.2 Å². The number of benzene rings is 1. The zero-order valence-electron chi connectivity index (χ0n) is 21.4. The third-order valence-corrected chi connectivity index (χ3v) is 6.47. The van der Waals surface area contributed by atoms with E-state index >= 15 is 0 Å². The van der Waals surface area contributed by atoms with Crippen molar-refractivity contribution in [3.8, 4) is 5.75 Å². The number of amides is 2. The summed E-state index contributed by atoms with van der Waals surface area (Å²) in [6, 6.07) is 2.56. The number of halogens is 5. The average molecular weight is 578 g/mol. The maximum atomic E-state index is 13.6. The summed E-state index contributed by atoms with van der Waals surface area (Å²) in [5.41, 5.74) is -0.816. The minimum Gasteiger partial charge on any atom is -0.484 e. The predicted octanol–water partition coefficient (Wildman–Crippen LogP) is 4.50. The van der Waals surface area contributed by atoms with Gasteiger partial charge in [-0.25, -0.2) is 9.18 Å². The number of aromatic nitrogens is 2. The molecule has 2 saturated heterocycles. The Morgan fingerprint density at radius 3 is 2.51 bits per heavy atom. The number of alkyl halides is 3. The molecule has 214 valence electrons. The second kappa shape index (κ2) is 11.1. The van der Waals surface area contributed by atoms with Crippen molar-refractivity contribution in [3.05, 3.63) is 34.9 Å². The van der Waals surface area contributed by atoms with Gasteiger partial charge in [-0.1, -0.05) is 16.7 Å². The fraction of sp³-hybridized carbons (Fsp3) is 0.583. The number of likely N-dealkylation sites (tertiary alicyclic amines) is 1. The molecule has 3 heterocycles. The van der Waals surface area contributed by atoms with Gasteiger partial charge in [-0.05, 0) is 45.7 Å². The molecule has 2 amide bonds. The smallest absolute Gasteiger partial charge is 0.411 e. The SMILES string of the molecule is CC(C)(C)OC(=O)N1C[C@@H](NC(=O)COc2ccc(Cl)c(F)c2)CC[C@@H]1c1nnc(N2CC(C(F)(F)F)C2)o1. The van der Waals surface area contributed by atoms with Crippen molar-refractivity contribution >= 4 is 29.6 Å². The van der Waals surface area contributed by atoms with E-state index in [9.17, 15) is 27.2 Å². The van der Waals surface area contributed by atoms with Crippen LogP contribution in [0.2, 0.25) is 5.02 Å². The highest BCUT2D eigenvalue weighted by atomic mass is 35.5. The quantitative estimate of drug-likeness (QED) is 0.500. The molecule has 15 heteroatoms. The number of hydrogen-bond acceptors (Lipinski definition) is 8. The molecule has 4 rings (SSSR count). The number of hydrogen-bond donors (Lipinski definition) is 1. The van der Waals surface area contributed by atoms with E-state index in [-0.39, 0.29) is 42.3 Å². The van der Waals surface area contributed by atoms with E-state index in [1.54, 1.807) is 20.8 Å². The minimum absolute atomic E-state index is 0.0401. The van der Waals surface area contributed by atoms with Crippen LogP contribution in [0, 0.1) is 11.7 Å².